The molecule has 2 rings (SSSR count). The van der Waals surface area contributed by atoms with E-state index in [1.807, 2.05) is 12.1 Å². The third-order valence-electron chi connectivity index (χ3n) is 1.79. The minimum atomic E-state index is 0.402. The zero-order valence-corrected chi connectivity index (χ0v) is 6.66. The van der Waals surface area contributed by atoms with Gasteiger partial charge in [-0.05, 0) is 31.0 Å². The Morgan fingerprint density at radius 1 is 1.42 bits per heavy atom. The summed E-state index contributed by atoms with van der Waals surface area (Å²) in [7, 11) is 0. The van der Waals surface area contributed by atoms with Crippen molar-refractivity contribution in [2.45, 2.75) is 18.9 Å². The SMILES string of the molecule is N#Cc1cccc(OC2CC2)c1. The van der Waals surface area contributed by atoms with Crippen LogP contribution in [0, 0.1) is 11.3 Å². The van der Waals surface area contributed by atoms with Crippen LogP contribution in [0.4, 0.5) is 0 Å². The van der Waals surface area contributed by atoms with Gasteiger partial charge in [-0.15, -0.1) is 0 Å². The molecule has 1 fully saturated rings. The zero-order chi connectivity index (χ0) is 8.39. The normalized spacial score (nSPS) is 15.2. The summed E-state index contributed by atoms with van der Waals surface area (Å²) in [5.74, 6) is 0.816. The summed E-state index contributed by atoms with van der Waals surface area (Å²) in [6, 6.07) is 9.37. The minimum absolute atomic E-state index is 0.402. The number of nitrogens with zero attached hydrogens (tertiary/aromatic N) is 1. The maximum atomic E-state index is 8.61. The summed E-state index contributed by atoms with van der Waals surface area (Å²) in [6.45, 7) is 0. The number of ether oxygens (including phenoxy) is 1. The molecule has 0 saturated heterocycles. The molecule has 0 bridgehead atoms. The molecule has 0 heterocycles. The summed E-state index contributed by atoms with van der Waals surface area (Å²) in [4.78, 5) is 0. The van der Waals surface area contributed by atoms with Crippen molar-refractivity contribution in [1.29, 1.82) is 5.26 Å². The summed E-state index contributed by atoms with van der Waals surface area (Å²) in [6.07, 6.45) is 2.70. The molecule has 2 nitrogen and oxygen atoms in total. The van der Waals surface area contributed by atoms with Gasteiger partial charge in [-0.25, -0.2) is 0 Å². The van der Waals surface area contributed by atoms with Gasteiger partial charge >= 0.3 is 0 Å². The number of nitriles is 1. The fourth-order valence-electron chi connectivity index (χ4n) is 1.02. The van der Waals surface area contributed by atoms with Gasteiger partial charge < -0.3 is 4.74 Å². The molecule has 1 aromatic rings. The molecular formula is C10H9NO. The van der Waals surface area contributed by atoms with Gasteiger partial charge in [0.2, 0.25) is 0 Å². The van der Waals surface area contributed by atoms with E-state index >= 15 is 0 Å². The van der Waals surface area contributed by atoms with Crippen molar-refractivity contribution in [3.63, 3.8) is 0 Å². The second-order valence-electron chi connectivity index (χ2n) is 2.96. The topological polar surface area (TPSA) is 33.0 Å². The second-order valence-corrected chi connectivity index (χ2v) is 2.96. The highest BCUT2D eigenvalue weighted by Crippen LogP contribution is 2.26. The van der Waals surface area contributed by atoms with E-state index in [1.165, 1.54) is 0 Å². The molecule has 1 aromatic carbocycles. The highest BCUT2D eigenvalue weighted by Gasteiger charge is 2.23. The van der Waals surface area contributed by atoms with E-state index in [1.54, 1.807) is 12.1 Å². The Morgan fingerprint density at radius 3 is 2.92 bits per heavy atom. The molecule has 0 N–H and O–H groups in total. The first-order chi connectivity index (χ1) is 5.88. The van der Waals surface area contributed by atoms with E-state index in [-0.39, 0.29) is 0 Å². The molecule has 0 aliphatic heterocycles. The molecule has 2 heteroatoms. The van der Waals surface area contributed by atoms with Crippen molar-refractivity contribution in [2.75, 3.05) is 0 Å². The molecule has 0 amide bonds. The average molecular weight is 159 g/mol. The Labute approximate surface area is 71.4 Å². The maximum Gasteiger partial charge on any atom is 0.121 e. The van der Waals surface area contributed by atoms with Crippen LogP contribution < -0.4 is 4.74 Å². The van der Waals surface area contributed by atoms with E-state index in [0.717, 1.165) is 18.6 Å². The molecular weight excluding hydrogens is 150 g/mol. The molecule has 60 valence electrons. The predicted molar refractivity (Wildman–Crippen MR) is 44.8 cm³/mol. The van der Waals surface area contributed by atoms with Crippen molar-refractivity contribution in [2.24, 2.45) is 0 Å². The zero-order valence-electron chi connectivity index (χ0n) is 6.66. The Hall–Kier alpha value is -1.49. The molecule has 0 atom stereocenters. The highest BCUT2D eigenvalue weighted by molar-refractivity contribution is 5.36. The van der Waals surface area contributed by atoms with Gasteiger partial charge in [-0.3, -0.25) is 0 Å². The van der Waals surface area contributed by atoms with Crippen LogP contribution in [0.1, 0.15) is 18.4 Å². The summed E-state index contributed by atoms with van der Waals surface area (Å²) < 4.78 is 5.52. The molecule has 0 radical (unpaired) electrons. The van der Waals surface area contributed by atoms with Crippen LogP contribution in [0.25, 0.3) is 0 Å². The smallest absolute Gasteiger partial charge is 0.121 e. The van der Waals surface area contributed by atoms with Gasteiger partial charge in [0.15, 0.2) is 0 Å². The third kappa shape index (κ3) is 1.57. The van der Waals surface area contributed by atoms with Crippen LogP contribution >= 0.6 is 0 Å². The Bertz CT molecular complexity index is 323. The van der Waals surface area contributed by atoms with Gasteiger partial charge in [0, 0.05) is 0 Å². The molecule has 0 aromatic heterocycles. The van der Waals surface area contributed by atoms with Crippen LogP contribution in [0.2, 0.25) is 0 Å². The number of hydrogen-bond donors (Lipinski definition) is 0. The van der Waals surface area contributed by atoms with E-state index in [4.69, 9.17) is 10.00 Å². The molecule has 1 aliphatic rings. The van der Waals surface area contributed by atoms with Crippen molar-refractivity contribution in [1.82, 2.24) is 0 Å². The van der Waals surface area contributed by atoms with E-state index in [2.05, 4.69) is 6.07 Å². The predicted octanol–water partition coefficient (Wildman–Crippen LogP) is 2.10. The lowest BCUT2D eigenvalue weighted by Crippen LogP contribution is -1.95. The van der Waals surface area contributed by atoms with Crippen molar-refractivity contribution >= 4 is 0 Å². The Kier molecular flexibility index (Phi) is 1.71. The molecule has 0 spiro atoms. The standard InChI is InChI=1S/C10H9NO/c11-7-8-2-1-3-10(6-8)12-9-4-5-9/h1-3,6,9H,4-5H2. The molecule has 12 heavy (non-hydrogen) atoms. The van der Waals surface area contributed by atoms with Crippen molar-refractivity contribution in [3.8, 4) is 11.8 Å². The maximum absolute atomic E-state index is 8.61. The van der Waals surface area contributed by atoms with Gasteiger partial charge in [0.05, 0.1) is 17.7 Å². The lowest BCUT2D eigenvalue weighted by molar-refractivity contribution is 0.303. The Morgan fingerprint density at radius 2 is 2.25 bits per heavy atom. The summed E-state index contributed by atoms with van der Waals surface area (Å²) in [5, 5.41) is 8.61. The van der Waals surface area contributed by atoms with Gasteiger partial charge in [0.25, 0.3) is 0 Å². The first-order valence-electron chi connectivity index (χ1n) is 4.05. The fraction of sp³-hybridized carbons (Fsp3) is 0.300. The number of rotatable bonds is 2. The van der Waals surface area contributed by atoms with Crippen molar-refractivity contribution in [3.05, 3.63) is 29.8 Å². The second kappa shape index (κ2) is 2.86. The van der Waals surface area contributed by atoms with E-state index in [9.17, 15) is 0 Å². The number of benzene rings is 1. The van der Waals surface area contributed by atoms with Gasteiger partial charge in [0.1, 0.15) is 5.75 Å². The number of hydrogen-bond acceptors (Lipinski definition) is 2. The largest absolute Gasteiger partial charge is 0.490 e. The highest BCUT2D eigenvalue weighted by atomic mass is 16.5. The minimum Gasteiger partial charge on any atom is -0.490 e. The first-order valence-corrected chi connectivity index (χ1v) is 4.05. The average Bonchev–Trinajstić information content (AvgIpc) is 2.89. The Balaban J connectivity index is 2.15. The lowest BCUT2D eigenvalue weighted by atomic mass is 10.2. The summed E-state index contributed by atoms with van der Waals surface area (Å²) >= 11 is 0. The van der Waals surface area contributed by atoms with Crippen molar-refractivity contribution < 1.29 is 4.74 Å². The molecule has 1 saturated carbocycles. The lowest BCUT2D eigenvalue weighted by Gasteiger charge is -2.02. The quantitative estimate of drug-likeness (QED) is 0.662. The third-order valence-corrected chi connectivity index (χ3v) is 1.79. The summed E-state index contributed by atoms with van der Waals surface area (Å²) in [5.41, 5.74) is 0.660. The van der Waals surface area contributed by atoms with E-state index in [0.29, 0.717) is 11.7 Å². The monoisotopic (exact) mass is 159 g/mol. The van der Waals surface area contributed by atoms with Crippen LogP contribution in [-0.2, 0) is 0 Å². The van der Waals surface area contributed by atoms with Crippen LogP contribution in [-0.4, -0.2) is 6.10 Å². The van der Waals surface area contributed by atoms with Gasteiger partial charge in [-0.1, -0.05) is 6.07 Å². The van der Waals surface area contributed by atoms with Crippen LogP contribution in [0.15, 0.2) is 24.3 Å². The van der Waals surface area contributed by atoms with Gasteiger partial charge in [-0.2, -0.15) is 5.26 Å². The van der Waals surface area contributed by atoms with Crippen LogP contribution in [0.3, 0.4) is 0 Å². The first kappa shape index (κ1) is 7.17. The molecule has 0 unspecified atom stereocenters. The fourth-order valence-corrected chi connectivity index (χ4v) is 1.02. The van der Waals surface area contributed by atoms with E-state index < -0.39 is 0 Å². The molecule has 1 aliphatic carbocycles. The van der Waals surface area contributed by atoms with Crippen LogP contribution in [0.5, 0.6) is 5.75 Å².